The van der Waals surface area contributed by atoms with Gasteiger partial charge in [-0.2, -0.15) is 0 Å². The van der Waals surface area contributed by atoms with Crippen LogP contribution in [0.2, 0.25) is 0 Å². The van der Waals surface area contributed by atoms with E-state index in [4.69, 9.17) is 10.2 Å². The molecule has 3 unspecified atom stereocenters. The van der Waals surface area contributed by atoms with E-state index in [-0.39, 0.29) is 18.7 Å². The van der Waals surface area contributed by atoms with Crippen molar-refractivity contribution < 1.29 is 24.6 Å². The summed E-state index contributed by atoms with van der Waals surface area (Å²) in [6.07, 6.45) is 1.26. The second-order valence-electron chi connectivity index (χ2n) is 4.97. The summed E-state index contributed by atoms with van der Waals surface area (Å²) in [5.41, 5.74) is 0. The lowest BCUT2D eigenvalue weighted by Gasteiger charge is -2.28. The van der Waals surface area contributed by atoms with Gasteiger partial charge in [0, 0.05) is 6.42 Å². The molecular weight excluding hydrogens is 252 g/mol. The molecule has 0 aromatic heterocycles. The van der Waals surface area contributed by atoms with E-state index in [0.29, 0.717) is 12.3 Å². The number of hydrogen-bond acceptors (Lipinski definition) is 4. The van der Waals surface area contributed by atoms with Crippen molar-refractivity contribution in [3.63, 3.8) is 0 Å². The molecule has 1 saturated heterocycles. The zero-order valence-electron chi connectivity index (χ0n) is 10.9. The van der Waals surface area contributed by atoms with Gasteiger partial charge in [-0.15, -0.1) is 0 Å². The summed E-state index contributed by atoms with van der Waals surface area (Å²) in [5, 5.41) is 22.9. The van der Waals surface area contributed by atoms with E-state index in [0.717, 1.165) is 13.0 Å². The summed E-state index contributed by atoms with van der Waals surface area (Å²) in [4.78, 5) is 33.3. The maximum Gasteiger partial charge on any atom is 0.326 e. The molecule has 1 aliphatic heterocycles. The predicted octanol–water partition coefficient (Wildman–Crippen LogP) is -0.191. The molecular formula is C12H20N2O5. The minimum absolute atomic E-state index is 0.112. The second kappa shape index (κ2) is 7.08. The molecule has 0 bridgehead atoms. The molecule has 4 N–H and O–H groups in total. The highest BCUT2D eigenvalue weighted by molar-refractivity contribution is 5.87. The Labute approximate surface area is 111 Å². The Hall–Kier alpha value is -1.63. The molecule has 108 valence electrons. The van der Waals surface area contributed by atoms with Crippen LogP contribution in [-0.2, 0) is 14.4 Å². The molecule has 0 radical (unpaired) electrons. The van der Waals surface area contributed by atoms with Crippen LogP contribution in [-0.4, -0.2) is 46.7 Å². The fourth-order valence-corrected chi connectivity index (χ4v) is 2.10. The molecule has 1 rings (SSSR count). The van der Waals surface area contributed by atoms with Crippen LogP contribution in [0.4, 0.5) is 0 Å². The molecule has 0 aliphatic carbocycles. The van der Waals surface area contributed by atoms with E-state index in [2.05, 4.69) is 10.6 Å². The Bertz CT molecular complexity index is 358. The van der Waals surface area contributed by atoms with Gasteiger partial charge in [-0.1, -0.05) is 6.92 Å². The Kier molecular flexibility index (Phi) is 5.75. The fraction of sp³-hybridized carbons (Fsp3) is 0.750. The van der Waals surface area contributed by atoms with Crippen LogP contribution in [0.5, 0.6) is 0 Å². The SMILES string of the molecule is CC1CCNC(C(=O)NC(CCC(=O)O)C(=O)O)C1. The van der Waals surface area contributed by atoms with Crippen molar-refractivity contribution >= 4 is 17.8 Å². The first kappa shape index (κ1) is 15.4. The normalized spacial score (nSPS) is 24.5. The van der Waals surface area contributed by atoms with Crippen molar-refractivity contribution in [2.24, 2.45) is 5.92 Å². The minimum atomic E-state index is -1.21. The van der Waals surface area contributed by atoms with E-state index in [1.165, 1.54) is 0 Å². The smallest absolute Gasteiger partial charge is 0.326 e. The van der Waals surface area contributed by atoms with Crippen LogP contribution in [0.3, 0.4) is 0 Å². The molecule has 19 heavy (non-hydrogen) atoms. The monoisotopic (exact) mass is 272 g/mol. The molecule has 7 heteroatoms. The van der Waals surface area contributed by atoms with Crippen LogP contribution in [0.15, 0.2) is 0 Å². The molecule has 0 saturated carbocycles. The van der Waals surface area contributed by atoms with Gasteiger partial charge in [-0.05, 0) is 31.7 Å². The highest BCUT2D eigenvalue weighted by atomic mass is 16.4. The van der Waals surface area contributed by atoms with Crippen LogP contribution in [0, 0.1) is 5.92 Å². The Balaban J connectivity index is 2.50. The number of carbonyl (C=O) groups is 3. The van der Waals surface area contributed by atoms with Gasteiger partial charge in [-0.25, -0.2) is 4.79 Å². The lowest BCUT2D eigenvalue weighted by atomic mass is 9.93. The van der Waals surface area contributed by atoms with E-state index < -0.39 is 24.0 Å². The maximum atomic E-state index is 11.9. The molecule has 0 spiro atoms. The number of nitrogens with one attached hydrogen (secondary N) is 2. The summed E-state index contributed by atoms with van der Waals surface area (Å²) in [6.45, 7) is 2.77. The number of carboxylic acid groups (broad SMARTS) is 2. The van der Waals surface area contributed by atoms with Gasteiger partial charge in [0.25, 0.3) is 0 Å². The van der Waals surface area contributed by atoms with Crippen LogP contribution >= 0.6 is 0 Å². The zero-order chi connectivity index (χ0) is 14.4. The van der Waals surface area contributed by atoms with E-state index in [9.17, 15) is 14.4 Å². The summed E-state index contributed by atoms with van der Waals surface area (Å²) in [5.74, 6) is -2.24. The quantitative estimate of drug-likeness (QED) is 0.532. The van der Waals surface area contributed by atoms with E-state index in [1.807, 2.05) is 6.92 Å². The third-order valence-electron chi connectivity index (χ3n) is 3.24. The van der Waals surface area contributed by atoms with Gasteiger partial charge in [0.15, 0.2) is 0 Å². The molecule has 1 heterocycles. The van der Waals surface area contributed by atoms with E-state index >= 15 is 0 Å². The van der Waals surface area contributed by atoms with Crippen LogP contribution < -0.4 is 10.6 Å². The highest BCUT2D eigenvalue weighted by Crippen LogP contribution is 2.15. The number of aliphatic carboxylic acids is 2. The van der Waals surface area contributed by atoms with Crippen molar-refractivity contribution in [1.82, 2.24) is 10.6 Å². The lowest BCUT2D eigenvalue weighted by molar-refractivity contribution is -0.143. The molecule has 1 fully saturated rings. The molecule has 0 aromatic rings. The molecule has 7 nitrogen and oxygen atoms in total. The van der Waals surface area contributed by atoms with Crippen molar-refractivity contribution in [2.75, 3.05) is 6.54 Å². The first-order chi connectivity index (χ1) is 8.90. The van der Waals surface area contributed by atoms with Gasteiger partial charge in [0.1, 0.15) is 6.04 Å². The number of carbonyl (C=O) groups excluding carboxylic acids is 1. The lowest BCUT2D eigenvalue weighted by Crippen LogP contribution is -2.52. The van der Waals surface area contributed by atoms with Gasteiger partial charge >= 0.3 is 11.9 Å². The number of carboxylic acids is 2. The van der Waals surface area contributed by atoms with Crippen molar-refractivity contribution in [3.8, 4) is 0 Å². The minimum Gasteiger partial charge on any atom is -0.481 e. The van der Waals surface area contributed by atoms with Crippen molar-refractivity contribution in [2.45, 2.75) is 44.7 Å². The third kappa shape index (κ3) is 5.25. The van der Waals surface area contributed by atoms with Gasteiger partial charge < -0.3 is 20.8 Å². The van der Waals surface area contributed by atoms with Gasteiger partial charge in [0.05, 0.1) is 6.04 Å². The van der Waals surface area contributed by atoms with Gasteiger partial charge in [-0.3, -0.25) is 9.59 Å². The number of amides is 1. The van der Waals surface area contributed by atoms with Crippen molar-refractivity contribution in [3.05, 3.63) is 0 Å². The molecule has 1 amide bonds. The van der Waals surface area contributed by atoms with Crippen LogP contribution in [0.1, 0.15) is 32.6 Å². The number of rotatable bonds is 6. The van der Waals surface area contributed by atoms with E-state index in [1.54, 1.807) is 0 Å². The first-order valence-corrected chi connectivity index (χ1v) is 6.38. The average Bonchev–Trinajstić information content (AvgIpc) is 2.33. The third-order valence-corrected chi connectivity index (χ3v) is 3.24. The predicted molar refractivity (Wildman–Crippen MR) is 66.6 cm³/mol. The summed E-state index contributed by atoms with van der Waals surface area (Å²) in [6, 6.07) is -1.54. The zero-order valence-corrected chi connectivity index (χ0v) is 10.9. The maximum absolute atomic E-state index is 11.9. The molecule has 3 atom stereocenters. The number of hydrogen-bond donors (Lipinski definition) is 4. The fourth-order valence-electron chi connectivity index (χ4n) is 2.10. The first-order valence-electron chi connectivity index (χ1n) is 6.38. The molecule has 1 aliphatic rings. The topological polar surface area (TPSA) is 116 Å². The summed E-state index contributed by atoms with van der Waals surface area (Å²) in [7, 11) is 0. The Morgan fingerprint density at radius 3 is 2.58 bits per heavy atom. The van der Waals surface area contributed by atoms with Crippen LogP contribution in [0.25, 0.3) is 0 Å². The standard InChI is InChI=1S/C12H20N2O5/c1-7-4-5-13-9(6-7)11(17)14-8(12(18)19)2-3-10(15)16/h7-9,13H,2-6H2,1H3,(H,14,17)(H,15,16)(H,18,19). The average molecular weight is 272 g/mol. The van der Waals surface area contributed by atoms with Crippen molar-refractivity contribution in [1.29, 1.82) is 0 Å². The Morgan fingerprint density at radius 1 is 1.37 bits per heavy atom. The Morgan fingerprint density at radius 2 is 2.05 bits per heavy atom. The number of piperidine rings is 1. The second-order valence-corrected chi connectivity index (χ2v) is 4.97. The summed E-state index contributed by atoms with van der Waals surface area (Å²) >= 11 is 0. The van der Waals surface area contributed by atoms with Gasteiger partial charge in [0.2, 0.25) is 5.91 Å². The summed E-state index contributed by atoms with van der Waals surface area (Å²) < 4.78 is 0. The molecule has 0 aromatic carbocycles. The highest BCUT2D eigenvalue weighted by Gasteiger charge is 2.28. The largest absolute Gasteiger partial charge is 0.481 e.